The third kappa shape index (κ3) is 2.00. The number of carbonyl (C=O) groups excluding carboxylic acids is 2. The molecule has 0 radical (unpaired) electrons. The zero-order valence-electron chi connectivity index (χ0n) is 8.41. The van der Waals surface area contributed by atoms with E-state index in [4.69, 9.17) is 11.6 Å². The van der Waals surface area contributed by atoms with E-state index in [1.165, 1.54) is 22.6 Å². The van der Waals surface area contributed by atoms with Gasteiger partial charge in [0.25, 0.3) is 11.7 Å². The number of carbonyl (C=O) groups is 2. The largest absolute Gasteiger partial charge is 0.301 e. The first-order valence-electron chi connectivity index (χ1n) is 4.66. The molecule has 3 nitrogen and oxygen atoms in total. The van der Waals surface area contributed by atoms with Crippen LogP contribution in [-0.2, 0) is 4.79 Å². The highest BCUT2D eigenvalue weighted by atomic mass is 79.9. The number of fused-ring (bicyclic) bond motifs is 1. The van der Waals surface area contributed by atoms with Crippen LogP contribution in [0.2, 0.25) is 0 Å². The van der Waals surface area contributed by atoms with Gasteiger partial charge in [0.15, 0.2) is 0 Å². The molecule has 0 saturated carbocycles. The molecule has 88 valence electrons. The highest BCUT2D eigenvalue weighted by Gasteiger charge is 2.35. The highest BCUT2D eigenvalue weighted by Crippen LogP contribution is 2.33. The minimum atomic E-state index is -0.674. The van der Waals surface area contributed by atoms with Gasteiger partial charge in [-0.3, -0.25) is 9.59 Å². The lowest BCUT2D eigenvalue weighted by Gasteiger charge is -2.13. The maximum atomic E-state index is 13.4. The van der Waals surface area contributed by atoms with E-state index in [1.807, 2.05) is 0 Å². The van der Waals surface area contributed by atoms with Gasteiger partial charge in [-0.15, -0.1) is 0 Å². The second-order valence-electron chi connectivity index (χ2n) is 3.39. The minimum absolute atomic E-state index is 0.141. The van der Waals surface area contributed by atoms with Gasteiger partial charge >= 0.3 is 0 Å². The molecule has 6 heteroatoms. The van der Waals surface area contributed by atoms with Crippen molar-refractivity contribution in [1.29, 1.82) is 0 Å². The van der Waals surface area contributed by atoms with E-state index in [2.05, 4.69) is 15.9 Å². The molecule has 2 rings (SSSR count). The van der Waals surface area contributed by atoms with Crippen molar-refractivity contribution in [3.63, 3.8) is 0 Å². The van der Waals surface area contributed by atoms with Gasteiger partial charge < -0.3 is 4.90 Å². The fourth-order valence-corrected chi connectivity index (χ4v) is 2.04. The number of halogens is 3. The number of hydrogen-bond donors (Lipinski definition) is 0. The number of rotatable bonds is 2. The molecule has 0 spiro atoms. The summed E-state index contributed by atoms with van der Waals surface area (Å²) >= 11 is 8.34. The average molecular weight is 319 g/mol. The first-order chi connectivity index (χ1) is 8.06. The second-order valence-corrected chi connectivity index (χ2v) is 4.50. The molecule has 0 bridgehead atoms. The number of ketones is 1. The monoisotopic (exact) mass is 317 g/mol. The lowest BCUT2D eigenvalue weighted by atomic mass is 10.1. The van der Waals surface area contributed by atoms with Crippen LogP contribution in [0.4, 0.5) is 10.1 Å². The summed E-state index contributed by atoms with van der Waals surface area (Å²) < 4.78 is 13.5. The molecule has 0 unspecified atom stereocenters. The zero-order chi connectivity index (χ0) is 12.6. The molecule has 1 aliphatic rings. The van der Waals surface area contributed by atoms with Gasteiger partial charge in [-0.2, -0.15) is 0 Å². The summed E-state index contributed by atoms with van der Waals surface area (Å²) in [7, 11) is 0. The van der Waals surface area contributed by atoms with Crippen LogP contribution in [0, 0.1) is 5.82 Å². The number of Topliss-reactive ketones (excluding diaryl/α,β-unsaturated/α-hetero) is 1. The molecule has 0 fully saturated rings. The number of hydrogen-bond acceptors (Lipinski definition) is 2. The lowest BCUT2D eigenvalue weighted by Crippen LogP contribution is -2.29. The minimum Gasteiger partial charge on any atom is -0.301 e. The molecule has 1 aliphatic heterocycles. The van der Waals surface area contributed by atoms with Crippen molar-refractivity contribution >= 4 is 44.9 Å². The normalized spacial score (nSPS) is 14.9. The Morgan fingerprint density at radius 3 is 2.76 bits per heavy atom. The summed E-state index contributed by atoms with van der Waals surface area (Å²) in [5.74, 6) is -1.83. The van der Waals surface area contributed by atoms with Crippen LogP contribution in [0.5, 0.6) is 0 Å². The number of amides is 1. The maximum absolute atomic E-state index is 13.4. The Morgan fingerprint density at radius 1 is 1.41 bits per heavy atom. The van der Waals surface area contributed by atoms with Crippen LogP contribution in [-0.4, -0.2) is 18.2 Å². The molecule has 0 aromatic heterocycles. The van der Waals surface area contributed by atoms with Crippen molar-refractivity contribution in [3.05, 3.63) is 39.6 Å². The molecule has 0 saturated heterocycles. The first-order valence-corrected chi connectivity index (χ1v) is 5.89. The molecule has 1 aromatic rings. The average Bonchev–Trinajstić information content (AvgIpc) is 2.52. The SMILES string of the molecule is O=C1C(=O)N(C/C=C/Cl)c2cc(F)c(Br)cc21. The van der Waals surface area contributed by atoms with E-state index in [0.29, 0.717) is 0 Å². The molecular weight excluding hydrogens is 312 g/mol. The van der Waals surface area contributed by atoms with Gasteiger partial charge in [0, 0.05) is 12.1 Å². The Labute approximate surface area is 110 Å². The zero-order valence-corrected chi connectivity index (χ0v) is 10.8. The predicted octanol–water partition coefficient (Wildman–Crippen LogP) is 2.87. The van der Waals surface area contributed by atoms with Crippen molar-refractivity contribution in [1.82, 2.24) is 0 Å². The summed E-state index contributed by atoms with van der Waals surface area (Å²) in [6, 6.07) is 2.47. The fourth-order valence-electron chi connectivity index (χ4n) is 1.62. The van der Waals surface area contributed by atoms with Crippen molar-refractivity contribution in [2.24, 2.45) is 0 Å². The maximum Gasteiger partial charge on any atom is 0.299 e. The molecule has 1 aromatic carbocycles. The molecule has 1 amide bonds. The molecular formula is C11H6BrClFNO2. The summed E-state index contributed by atoms with van der Waals surface area (Å²) in [5, 5.41) is 0. The van der Waals surface area contributed by atoms with Gasteiger partial charge in [-0.1, -0.05) is 17.7 Å². The van der Waals surface area contributed by atoms with Gasteiger partial charge in [-0.25, -0.2) is 4.39 Å². The van der Waals surface area contributed by atoms with Crippen LogP contribution in [0.1, 0.15) is 10.4 Å². The number of anilines is 1. The Kier molecular flexibility index (Phi) is 3.31. The van der Waals surface area contributed by atoms with E-state index in [0.717, 1.165) is 6.07 Å². The van der Waals surface area contributed by atoms with Crippen molar-refractivity contribution in [2.45, 2.75) is 0 Å². The number of nitrogens with zero attached hydrogens (tertiary/aromatic N) is 1. The smallest absolute Gasteiger partial charge is 0.299 e. The molecule has 1 heterocycles. The van der Waals surface area contributed by atoms with Gasteiger partial charge in [-0.05, 0) is 28.1 Å². The summed E-state index contributed by atoms with van der Waals surface area (Å²) in [6.45, 7) is 0.141. The highest BCUT2D eigenvalue weighted by molar-refractivity contribution is 9.10. The fraction of sp³-hybridized carbons (Fsp3) is 0.0909. The van der Waals surface area contributed by atoms with Gasteiger partial charge in [0.2, 0.25) is 0 Å². The Morgan fingerprint density at radius 2 is 2.12 bits per heavy atom. The van der Waals surface area contributed by atoms with Gasteiger partial charge in [0.05, 0.1) is 15.7 Å². The lowest BCUT2D eigenvalue weighted by molar-refractivity contribution is -0.114. The Bertz CT molecular complexity index is 545. The van der Waals surface area contributed by atoms with E-state index in [9.17, 15) is 14.0 Å². The summed E-state index contributed by atoms with van der Waals surface area (Å²) in [4.78, 5) is 24.5. The van der Waals surface area contributed by atoms with Crippen molar-refractivity contribution in [3.8, 4) is 0 Å². The van der Waals surface area contributed by atoms with Crippen molar-refractivity contribution < 1.29 is 14.0 Å². The Hall–Kier alpha value is -1.20. The van der Waals surface area contributed by atoms with Crippen molar-refractivity contribution in [2.75, 3.05) is 11.4 Å². The third-order valence-electron chi connectivity index (χ3n) is 2.39. The molecule has 17 heavy (non-hydrogen) atoms. The number of benzene rings is 1. The predicted molar refractivity (Wildman–Crippen MR) is 65.8 cm³/mol. The van der Waals surface area contributed by atoms with Crippen LogP contribution in [0.15, 0.2) is 28.2 Å². The van der Waals surface area contributed by atoms with Gasteiger partial charge in [0.1, 0.15) is 5.82 Å². The van der Waals surface area contributed by atoms with Crippen LogP contribution in [0.25, 0.3) is 0 Å². The summed E-state index contributed by atoms with van der Waals surface area (Å²) in [5.41, 5.74) is 1.71. The Balaban J connectivity index is 2.52. The van der Waals surface area contributed by atoms with E-state index >= 15 is 0 Å². The molecule has 0 atom stereocenters. The van der Waals surface area contributed by atoms with Crippen LogP contribution in [0.3, 0.4) is 0 Å². The van der Waals surface area contributed by atoms with E-state index in [1.54, 1.807) is 0 Å². The van der Waals surface area contributed by atoms with E-state index in [-0.39, 0.29) is 22.3 Å². The third-order valence-corrected chi connectivity index (χ3v) is 3.18. The van der Waals surface area contributed by atoms with Crippen LogP contribution >= 0.6 is 27.5 Å². The molecule has 0 N–H and O–H groups in total. The van der Waals surface area contributed by atoms with E-state index < -0.39 is 17.5 Å². The van der Waals surface area contributed by atoms with Crippen LogP contribution < -0.4 is 4.90 Å². The first kappa shape index (κ1) is 12.3. The standard InChI is InChI=1S/C11H6BrClFNO2/c12-7-4-6-9(5-8(7)14)15(3-1-2-13)11(17)10(6)16/h1-2,4-5H,3H2/b2-1+. The quantitative estimate of drug-likeness (QED) is 0.786. The topological polar surface area (TPSA) is 37.4 Å². The second kappa shape index (κ2) is 4.58. The molecule has 0 aliphatic carbocycles. The summed E-state index contributed by atoms with van der Waals surface area (Å²) in [6.07, 6.45) is 1.50.